The van der Waals surface area contributed by atoms with Crippen molar-refractivity contribution in [1.29, 1.82) is 0 Å². The number of nitrogens with zero attached hydrogens (tertiary/aromatic N) is 2. The molecule has 1 aliphatic rings. The smallest absolute Gasteiger partial charge is 0.189 e. The van der Waals surface area contributed by atoms with E-state index in [-0.39, 0.29) is 5.43 Å². The quantitative estimate of drug-likeness (QED) is 0.838. The van der Waals surface area contributed by atoms with E-state index in [9.17, 15) is 4.79 Å². The predicted octanol–water partition coefficient (Wildman–Crippen LogP) is 2.65. The first-order valence-corrected chi connectivity index (χ1v) is 7.43. The van der Waals surface area contributed by atoms with E-state index < -0.39 is 0 Å². The van der Waals surface area contributed by atoms with Gasteiger partial charge in [0.25, 0.3) is 0 Å². The van der Waals surface area contributed by atoms with Crippen LogP contribution in [0, 0.1) is 12.8 Å². The van der Waals surface area contributed by atoms with Crippen molar-refractivity contribution in [3.05, 3.63) is 46.2 Å². The summed E-state index contributed by atoms with van der Waals surface area (Å²) < 4.78 is 2.32. The third kappa shape index (κ3) is 2.50. The van der Waals surface area contributed by atoms with Gasteiger partial charge in [-0.2, -0.15) is 0 Å². The molecular weight excluding hydrogens is 248 g/mol. The number of pyridine rings is 1. The van der Waals surface area contributed by atoms with Crippen LogP contribution in [0.2, 0.25) is 0 Å². The molecule has 106 valence electrons. The Balaban J connectivity index is 2.00. The maximum atomic E-state index is 12.1. The Morgan fingerprint density at radius 3 is 2.90 bits per heavy atom. The molecule has 1 aromatic carbocycles. The van der Waals surface area contributed by atoms with Gasteiger partial charge >= 0.3 is 0 Å². The second-order valence-corrected chi connectivity index (χ2v) is 6.05. The highest BCUT2D eigenvalue weighted by atomic mass is 16.1. The summed E-state index contributed by atoms with van der Waals surface area (Å²) in [6.07, 6.45) is 2.56. The highest BCUT2D eigenvalue weighted by Crippen LogP contribution is 2.20. The van der Waals surface area contributed by atoms with Crippen LogP contribution in [0.1, 0.15) is 18.5 Å². The zero-order chi connectivity index (χ0) is 14.1. The molecule has 2 heterocycles. The van der Waals surface area contributed by atoms with Gasteiger partial charge in [0.2, 0.25) is 0 Å². The summed E-state index contributed by atoms with van der Waals surface area (Å²) in [5.41, 5.74) is 2.28. The van der Waals surface area contributed by atoms with Crippen LogP contribution in [-0.4, -0.2) is 29.6 Å². The first-order chi connectivity index (χ1) is 9.65. The minimum Gasteiger partial charge on any atom is -0.344 e. The van der Waals surface area contributed by atoms with Crippen LogP contribution in [-0.2, 0) is 6.54 Å². The number of hydrogen-bond donors (Lipinski definition) is 0. The van der Waals surface area contributed by atoms with Gasteiger partial charge in [-0.3, -0.25) is 4.79 Å². The molecule has 0 N–H and O–H groups in total. The monoisotopic (exact) mass is 270 g/mol. The van der Waals surface area contributed by atoms with Crippen LogP contribution in [0.5, 0.6) is 0 Å². The molecule has 3 nitrogen and oxygen atoms in total. The predicted molar refractivity (Wildman–Crippen MR) is 83.2 cm³/mol. The summed E-state index contributed by atoms with van der Waals surface area (Å²) in [6, 6.07) is 9.73. The number of aromatic nitrogens is 1. The molecule has 1 aromatic heterocycles. The van der Waals surface area contributed by atoms with Gasteiger partial charge in [0.1, 0.15) is 0 Å². The normalized spacial score (nSPS) is 20.4. The third-order valence-corrected chi connectivity index (χ3v) is 4.39. The number of piperidine rings is 1. The van der Waals surface area contributed by atoms with Gasteiger partial charge in [-0.25, -0.2) is 0 Å². The summed E-state index contributed by atoms with van der Waals surface area (Å²) in [7, 11) is 2.20. The molecule has 1 fully saturated rings. The molecular formula is C17H22N2O. The van der Waals surface area contributed by atoms with E-state index in [1.165, 1.54) is 19.4 Å². The van der Waals surface area contributed by atoms with Gasteiger partial charge < -0.3 is 9.47 Å². The van der Waals surface area contributed by atoms with Crippen LogP contribution in [0.3, 0.4) is 0 Å². The molecule has 0 unspecified atom stereocenters. The van der Waals surface area contributed by atoms with Crippen molar-refractivity contribution < 1.29 is 0 Å². The van der Waals surface area contributed by atoms with E-state index in [1.54, 1.807) is 6.07 Å². The van der Waals surface area contributed by atoms with Crippen LogP contribution in [0.15, 0.2) is 35.1 Å². The Kier molecular flexibility index (Phi) is 3.62. The highest BCUT2D eigenvalue weighted by molar-refractivity contribution is 5.79. The van der Waals surface area contributed by atoms with Crippen molar-refractivity contribution in [2.24, 2.45) is 5.92 Å². The van der Waals surface area contributed by atoms with E-state index >= 15 is 0 Å². The highest BCUT2D eigenvalue weighted by Gasteiger charge is 2.18. The minimum atomic E-state index is 0.134. The number of hydrogen-bond acceptors (Lipinski definition) is 2. The number of likely N-dealkylation sites (tertiary alicyclic amines) is 1. The van der Waals surface area contributed by atoms with Crippen molar-refractivity contribution in [1.82, 2.24) is 9.47 Å². The first kappa shape index (κ1) is 13.4. The van der Waals surface area contributed by atoms with Crippen LogP contribution >= 0.6 is 0 Å². The standard InChI is InChI=1S/C17H22N2O/c1-13-10-17(20)15-7-3-4-8-16(15)19(13)12-14-6-5-9-18(2)11-14/h3-4,7-8,10,14H,5-6,9,11-12H2,1-2H3/t14-/m0/s1. The fraction of sp³-hybridized carbons (Fsp3) is 0.471. The topological polar surface area (TPSA) is 25.2 Å². The maximum absolute atomic E-state index is 12.1. The Morgan fingerprint density at radius 2 is 2.10 bits per heavy atom. The van der Waals surface area contributed by atoms with Gasteiger partial charge in [0.05, 0.1) is 5.52 Å². The van der Waals surface area contributed by atoms with Crippen molar-refractivity contribution in [2.45, 2.75) is 26.3 Å². The van der Waals surface area contributed by atoms with E-state index in [0.29, 0.717) is 5.92 Å². The molecule has 1 saturated heterocycles. The second-order valence-electron chi connectivity index (χ2n) is 6.05. The molecule has 2 aromatic rings. The summed E-state index contributed by atoms with van der Waals surface area (Å²) >= 11 is 0. The van der Waals surface area contributed by atoms with E-state index in [2.05, 4.69) is 22.6 Å². The van der Waals surface area contributed by atoms with Gasteiger partial charge in [-0.1, -0.05) is 12.1 Å². The Labute approximate surface area is 119 Å². The number of rotatable bonds is 2. The van der Waals surface area contributed by atoms with Gasteiger partial charge in [-0.05, 0) is 51.4 Å². The molecule has 1 aliphatic heterocycles. The molecule has 0 spiro atoms. The van der Waals surface area contributed by atoms with Gasteiger partial charge in [0, 0.05) is 30.2 Å². The lowest BCUT2D eigenvalue weighted by atomic mass is 9.98. The average molecular weight is 270 g/mol. The molecule has 0 amide bonds. The van der Waals surface area contributed by atoms with Gasteiger partial charge in [-0.15, -0.1) is 0 Å². The summed E-state index contributed by atoms with van der Waals surface area (Å²) in [5, 5.41) is 0.835. The molecule has 3 rings (SSSR count). The lowest BCUT2D eigenvalue weighted by molar-refractivity contribution is 0.195. The van der Waals surface area contributed by atoms with Crippen molar-refractivity contribution in [2.75, 3.05) is 20.1 Å². The van der Waals surface area contributed by atoms with Crippen molar-refractivity contribution in [3.8, 4) is 0 Å². The molecule has 1 atom stereocenters. The minimum absolute atomic E-state index is 0.134. The molecule has 20 heavy (non-hydrogen) atoms. The summed E-state index contributed by atoms with van der Waals surface area (Å²) in [4.78, 5) is 14.5. The molecule has 0 radical (unpaired) electrons. The summed E-state index contributed by atoms with van der Waals surface area (Å²) in [5.74, 6) is 0.679. The molecule has 0 bridgehead atoms. The maximum Gasteiger partial charge on any atom is 0.189 e. The molecule has 0 saturated carbocycles. The summed E-state index contributed by atoms with van der Waals surface area (Å²) in [6.45, 7) is 5.41. The fourth-order valence-corrected chi connectivity index (χ4v) is 3.38. The largest absolute Gasteiger partial charge is 0.344 e. The van der Waals surface area contributed by atoms with Crippen LogP contribution in [0.4, 0.5) is 0 Å². The second kappa shape index (κ2) is 5.41. The van der Waals surface area contributed by atoms with Crippen molar-refractivity contribution in [3.63, 3.8) is 0 Å². The number of benzene rings is 1. The Morgan fingerprint density at radius 1 is 1.30 bits per heavy atom. The van der Waals surface area contributed by atoms with E-state index in [4.69, 9.17) is 0 Å². The first-order valence-electron chi connectivity index (χ1n) is 7.43. The SMILES string of the molecule is Cc1cc(=O)c2ccccc2n1C[C@H]1CCCN(C)C1. The number of fused-ring (bicyclic) bond motifs is 1. The number of para-hydroxylation sites is 1. The Hall–Kier alpha value is -1.61. The van der Waals surface area contributed by atoms with Crippen LogP contribution in [0.25, 0.3) is 10.9 Å². The van der Waals surface area contributed by atoms with E-state index in [1.807, 2.05) is 25.1 Å². The average Bonchev–Trinajstić information content (AvgIpc) is 2.43. The molecule has 0 aliphatic carbocycles. The Bertz CT molecular complexity index is 674. The zero-order valence-corrected chi connectivity index (χ0v) is 12.3. The van der Waals surface area contributed by atoms with E-state index in [0.717, 1.165) is 29.7 Å². The lowest BCUT2D eigenvalue weighted by Gasteiger charge is -2.31. The number of aryl methyl sites for hydroxylation is 1. The van der Waals surface area contributed by atoms with Crippen molar-refractivity contribution >= 4 is 10.9 Å². The zero-order valence-electron chi connectivity index (χ0n) is 12.3. The molecule has 3 heteroatoms. The van der Waals surface area contributed by atoms with Gasteiger partial charge in [0.15, 0.2) is 5.43 Å². The third-order valence-electron chi connectivity index (χ3n) is 4.39. The fourth-order valence-electron chi connectivity index (χ4n) is 3.38. The lowest BCUT2D eigenvalue weighted by Crippen LogP contribution is -2.34. The van der Waals surface area contributed by atoms with Crippen LogP contribution < -0.4 is 5.43 Å².